The Kier molecular flexibility index (Phi) is 10.9. The van der Waals surface area contributed by atoms with E-state index < -0.39 is 0 Å². The lowest BCUT2D eigenvalue weighted by molar-refractivity contribution is 0.112. The first-order valence-electron chi connectivity index (χ1n) is 10.5. The molecular weight excluding hydrogens is 480 g/mol. The maximum absolute atomic E-state index is 10.6. The molecule has 0 saturated heterocycles. The van der Waals surface area contributed by atoms with Gasteiger partial charge >= 0.3 is 0 Å². The number of aromatic nitrogens is 2. The van der Waals surface area contributed by atoms with Gasteiger partial charge in [-0.25, -0.2) is 0 Å². The molecule has 11 nitrogen and oxygen atoms in total. The molecule has 12 heteroatoms. The van der Waals surface area contributed by atoms with Crippen LogP contribution >= 0.6 is 11.8 Å². The van der Waals surface area contributed by atoms with Crippen molar-refractivity contribution in [3.63, 3.8) is 0 Å². The Balaban J connectivity index is 0.000000212. The molecule has 0 aliphatic carbocycles. The quantitative estimate of drug-likeness (QED) is 0.0895. The number of thioether (sulfide) groups is 1. The fourth-order valence-electron chi connectivity index (χ4n) is 2.94. The summed E-state index contributed by atoms with van der Waals surface area (Å²) >= 11 is 1.33. The van der Waals surface area contributed by atoms with E-state index in [0.29, 0.717) is 16.6 Å². The first-order valence-corrected chi connectivity index (χ1v) is 11.7. The number of methoxy groups -OCH3 is 2. The average molecular weight is 511 g/mol. The molecule has 0 saturated carbocycles. The van der Waals surface area contributed by atoms with Gasteiger partial charge < -0.3 is 36.8 Å². The van der Waals surface area contributed by atoms with Crippen molar-refractivity contribution >= 4 is 57.1 Å². The van der Waals surface area contributed by atoms with Crippen molar-refractivity contribution in [3.8, 4) is 11.5 Å². The Labute approximate surface area is 212 Å². The number of benzene rings is 2. The van der Waals surface area contributed by atoms with E-state index in [0.717, 1.165) is 45.2 Å². The summed E-state index contributed by atoms with van der Waals surface area (Å²) in [5.74, 6) is 6.72. The summed E-state index contributed by atoms with van der Waals surface area (Å²) in [6, 6.07) is 11.4. The van der Waals surface area contributed by atoms with Crippen molar-refractivity contribution in [1.82, 2.24) is 9.97 Å². The molecule has 2 heterocycles. The van der Waals surface area contributed by atoms with E-state index in [4.69, 9.17) is 26.8 Å². The highest BCUT2D eigenvalue weighted by Crippen LogP contribution is 2.23. The van der Waals surface area contributed by atoms with Gasteiger partial charge in [-0.3, -0.25) is 4.79 Å². The Morgan fingerprint density at radius 2 is 1.47 bits per heavy atom. The summed E-state index contributed by atoms with van der Waals surface area (Å²) in [5.41, 5.74) is 14.0. The van der Waals surface area contributed by atoms with Gasteiger partial charge in [-0.15, -0.1) is 5.10 Å². The van der Waals surface area contributed by atoms with Crippen LogP contribution in [0.4, 0.5) is 0 Å². The third kappa shape index (κ3) is 7.81. The fourth-order valence-corrected chi connectivity index (χ4v) is 3.04. The fraction of sp³-hybridized carbons (Fsp3) is 0.167. The number of aromatic amines is 2. The minimum atomic E-state index is 0.412. The molecule has 8 N–H and O–H groups in total. The van der Waals surface area contributed by atoms with Gasteiger partial charge in [0.2, 0.25) is 0 Å². The number of rotatable bonds is 5. The first kappa shape index (κ1) is 27.8. The molecule has 0 unspecified atom stereocenters. The van der Waals surface area contributed by atoms with Crippen molar-refractivity contribution < 1.29 is 14.3 Å². The first-order chi connectivity index (χ1) is 17.4. The van der Waals surface area contributed by atoms with Gasteiger partial charge in [-0.1, -0.05) is 11.8 Å². The van der Waals surface area contributed by atoms with E-state index >= 15 is 0 Å². The molecule has 0 bridgehead atoms. The molecule has 0 amide bonds. The number of carbonyl (C=O) groups excluding carboxylic acids is 1. The van der Waals surface area contributed by atoms with Crippen LogP contribution in [0.3, 0.4) is 0 Å². The van der Waals surface area contributed by atoms with Crippen molar-refractivity contribution in [2.24, 2.45) is 32.6 Å². The smallest absolute Gasteiger partial charge is 0.177 e. The summed E-state index contributed by atoms with van der Waals surface area (Å²) in [7, 11) is 3.25. The zero-order valence-corrected chi connectivity index (χ0v) is 21.3. The molecule has 0 radical (unpaired) electrons. The molecule has 0 fully saturated rings. The summed E-state index contributed by atoms with van der Waals surface area (Å²) < 4.78 is 10.2. The topological polar surface area (TPSA) is 182 Å². The second-order valence-electron chi connectivity index (χ2n) is 7.09. The van der Waals surface area contributed by atoms with E-state index in [1.165, 1.54) is 11.8 Å². The number of nitrogens with one attached hydrogen (secondary N) is 2. The van der Waals surface area contributed by atoms with Gasteiger partial charge in [0.1, 0.15) is 17.3 Å². The van der Waals surface area contributed by atoms with Crippen LogP contribution in [0.2, 0.25) is 0 Å². The molecule has 2 aromatic carbocycles. The molecule has 190 valence electrons. The second-order valence-corrected chi connectivity index (χ2v) is 7.91. The van der Waals surface area contributed by atoms with Crippen molar-refractivity contribution in [3.05, 3.63) is 59.9 Å². The van der Waals surface area contributed by atoms with Gasteiger partial charge in [0, 0.05) is 45.3 Å². The molecule has 0 atom stereocenters. The maximum atomic E-state index is 10.6. The molecule has 0 aliphatic heterocycles. The maximum Gasteiger partial charge on any atom is 0.177 e. The summed E-state index contributed by atoms with van der Waals surface area (Å²) in [5, 5.41) is 13.2. The highest BCUT2D eigenvalue weighted by atomic mass is 32.2. The number of hydrazone groups is 1. The van der Waals surface area contributed by atoms with Gasteiger partial charge in [-0.2, -0.15) is 10.2 Å². The summed E-state index contributed by atoms with van der Waals surface area (Å²) in [6.45, 7) is 1.69. The normalized spacial score (nSPS) is 11.6. The van der Waals surface area contributed by atoms with Gasteiger partial charge in [0.25, 0.3) is 0 Å². The number of hydrogen-bond donors (Lipinski definition) is 5. The number of H-pyrrole nitrogens is 2. The molecule has 4 rings (SSSR count). The molecule has 36 heavy (non-hydrogen) atoms. The number of amidine groups is 2. The van der Waals surface area contributed by atoms with E-state index in [1.807, 2.05) is 48.9 Å². The van der Waals surface area contributed by atoms with E-state index in [-0.39, 0.29) is 0 Å². The minimum absolute atomic E-state index is 0.412. The van der Waals surface area contributed by atoms with Crippen molar-refractivity contribution in [1.29, 1.82) is 0 Å². The number of fused-ring (bicyclic) bond motifs is 2. The lowest BCUT2D eigenvalue weighted by Crippen LogP contribution is -2.07. The van der Waals surface area contributed by atoms with E-state index in [2.05, 4.69) is 25.3 Å². The van der Waals surface area contributed by atoms with Gasteiger partial charge in [0.15, 0.2) is 11.5 Å². The third-order valence-electron chi connectivity index (χ3n) is 4.72. The Morgan fingerprint density at radius 3 is 1.89 bits per heavy atom. The van der Waals surface area contributed by atoms with Crippen LogP contribution in [-0.2, 0) is 0 Å². The van der Waals surface area contributed by atoms with Crippen LogP contribution in [0.1, 0.15) is 22.8 Å². The van der Waals surface area contributed by atoms with Crippen molar-refractivity contribution in [2.75, 3.05) is 20.5 Å². The monoisotopic (exact) mass is 510 g/mol. The Bertz CT molecular complexity index is 1370. The zero-order valence-electron chi connectivity index (χ0n) is 20.5. The van der Waals surface area contributed by atoms with Crippen LogP contribution in [-0.4, -0.2) is 53.9 Å². The molecule has 2 aromatic heterocycles. The van der Waals surface area contributed by atoms with Crippen LogP contribution in [0.15, 0.2) is 64.1 Å². The van der Waals surface area contributed by atoms with Crippen LogP contribution in [0, 0.1) is 0 Å². The Hall–Kier alpha value is -4.45. The largest absolute Gasteiger partial charge is 0.497 e. The predicted octanol–water partition coefficient (Wildman–Crippen LogP) is 3.41. The third-order valence-corrected chi connectivity index (χ3v) is 5.24. The van der Waals surface area contributed by atoms with Crippen LogP contribution in [0.5, 0.6) is 11.5 Å². The van der Waals surface area contributed by atoms with Crippen molar-refractivity contribution in [2.45, 2.75) is 6.92 Å². The predicted molar refractivity (Wildman–Crippen MR) is 149 cm³/mol. The summed E-state index contributed by atoms with van der Waals surface area (Å²) in [4.78, 5) is 16.8. The average Bonchev–Trinajstić information content (AvgIpc) is 3.51. The Morgan fingerprint density at radius 1 is 0.944 bits per heavy atom. The molecule has 0 spiro atoms. The number of carbonyl (C=O) groups is 1. The van der Waals surface area contributed by atoms with Gasteiger partial charge in [-0.05, 0) is 49.6 Å². The minimum Gasteiger partial charge on any atom is -0.497 e. The SMILES string of the molecule is COc1ccc2[nH]cc(/C=N/N=C(C)N)c2c1.COc1ccc2[nH]cc(C=O)c2c1.CSC(N)=NN. The highest BCUT2D eigenvalue weighted by molar-refractivity contribution is 8.13. The summed E-state index contributed by atoms with van der Waals surface area (Å²) in [6.07, 6.45) is 7.87. The van der Waals surface area contributed by atoms with Crippen LogP contribution in [0.25, 0.3) is 21.8 Å². The second kappa shape index (κ2) is 14.1. The number of nitrogens with zero attached hydrogens (tertiary/aromatic N) is 3. The zero-order chi connectivity index (χ0) is 26.5. The van der Waals surface area contributed by atoms with E-state index in [9.17, 15) is 4.79 Å². The number of ether oxygens (including phenoxy) is 2. The van der Waals surface area contributed by atoms with E-state index in [1.54, 1.807) is 33.6 Å². The lowest BCUT2D eigenvalue weighted by Gasteiger charge is -1.98. The number of nitrogens with two attached hydrogens (primary N) is 3. The molecular formula is C24H30N8O3S. The molecule has 4 aromatic rings. The number of aldehydes is 1. The lowest BCUT2D eigenvalue weighted by atomic mass is 10.2. The van der Waals surface area contributed by atoms with Crippen LogP contribution < -0.4 is 26.8 Å². The van der Waals surface area contributed by atoms with Gasteiger partial charge in [0.05, 0.1) is 20.4 Å². The molecule has 0 aliphatic rings. The standard InChI is InChI=1S/C12H14N4O.C10H9NO2.C2H7N3S/c1-8(13)16-15-7-9-6-14-12-4-3-10(17-2)5-11(9)12;1-13-8-2-3-10-9(4-8)7(6-12)5-11-10;1-6-2(3)5-4/h3-7,14H,1-2H3,(H2,13,16);2-6,11H,1H3;4H2,1H3,(H2,3,5)/b15-7+;;. The highest BCUT2D eigenvalue weighted by Gasteiger charge is 2.04. The number of hydrogen-bond acceptors (Lipinski definition) is 8.